The van der Waals surface area contributed by atoms with Gasteiger partial charge in [-0.2, -0.15) is 0 Å². The van der Waals surface area contributed by atoms with Crippen LogP contribution in [0.5, 0.6) is 0 Å². The van der Waals surface area contributed by atoms with Gasteiger partial charge in [-0.3, -0.25) is 9.59 Å². The van der Waals surface area contributed by atoms with E-state index in [1.165, 1.54) is 18.2 Å². The molecule has 0 radical (unpaired) electrons. The van der Waals surface area contributed by atoms with Crippen molar-refractivity contribution in [1.82, 2.24) is 0 Å². The van der Waals surface area contributed by atoms with E-state index in [1.807, 2.05) is 0 Å². The van der Waals surface area contributed by atoms with E-state index >= 15 is 4.39 Å². The van der Waals surface area contributed by atoms with Crippen molar-refractivity contribution in [3.8, 4) is 0 Å². The summed E-state index contributed by atoms with van der Waals surface area (Å²) in [5.41, 5.74) is -6.12. The zero-order chi connectivity index (χ0) is 20.7. The molecule has 0 bridgehead atoms. The smallest absolute Gasteiger partial charge is 0.192 e. The number of ketones is 2. The number of carbonyl (C=O) groups excluding carboxylic acids is 2. The molecule has 0 aromatic heterocycles. The predicted octanol–water partition coefficient (Wildman–Crippen LogP) is 0.620. The fraction of sp³-hybridized carbons (Fsp3) is 0.714. The van der Waals surface area contributed by atoms with Crippen molar-refractivity contribution < 1.29 is 34.4 Å². The van der Waals surface area contributed by atoms with E-state index in [1.54, 1.807) is 13.8 Å². The average Bonchev–Trinajstić information content (AvgIpc) is 2.84. The molecule has 4 rings (SSSR count). The number of fused-ring (bicyclic) bond motifs is 5. The molecule has 154 valence electrons. The lowest BCUT2D eigenvalue weighted by Gasteiger charge is -2.62. The normalized spacial score (nSPS) is 52.5. The van der Waals surface area contributed by atoms with Crippen molar-refractivity contribution in [2.24, 2.45) is 22.7 Å². The molecular weight excluding hydrogens is 367 g/mol. The highest BCUT2D eigenvalue weighted by atomic mass is 19.1. The Kier molecular flexibility index (Phi) is 4.13. The standard InChI is InChI=1S/C21H27FO6/c1-18-6-5-12(24)7-11(18)3-4-13-14-8-15(25)21(28,17(27)10-23)19(14,2)9-16(26)20(13,18)22/h5-7,13-16,23,25-26,28H,3-4,8-10H2,1-2H3/t13-,14-,15-,16-,18-,19-,20-,21-/m0/s1. The van der Waals surface area contributed by atoms with Crippen LogP contribution in [-0.2, 0) is 9.59 Å². The summed E-state index contributed by atoms with van der Waals surface area (Å²) in [6, 6.07) is 0. The molecule has 0 unspecified atom stereocenters. The highest BCUT2D eigenvalue weighted by Gasteiger charge is 2.76. The minimum atomic E-state index is -2.23. The number of halogens is 1. The quantitative estimate of drug-likeness (QED) is 0.546. The molecule has 0 spiro atoms. The monoisotopic (exact) mass is 394 g/mol. The second-order valence-corrected chi connectivity index (χ2v) is 9.36. The van der Waals surface area contributed by atoms with Crippen molar-refractivity contribution in [2.45, 2.75) is 63.0 Å². The second kappa shape index (κ2) is 5.81. The predicted molar refractivity (Wildman–Crippen MR) is 96.8 cm³/mol. The topological polar surface area (TPSA) is 115 Å². The van der Waals surface area contributed by atoms with Crippen LogP contribution in [0.15, 0.2) is 23.8 Å². The van der Waals surface area contributed by atoms with E-state index in [9.17, 15) is 30.0 Å². The van der Waals surface area contributed by atoms with Gasteiger partial charge in [-0.15, -0.1) is 0 Å². The molecule has 0 aliphatic heterocycles. The van der Waals surface area contributed by atoms with Crippen molar-refractivity contribution in [3.05, 3.63) is 23.8 Å². The van der Waals surface area contributed by atoms with Crippen LogP contribution >= 0.6 is 0 Å². The van der Waals surface area contributed by atoms with Crippen LogP contribution < -0.4 is 0 Å². The Hall–Kier alpha value is -1.41. The maximum atomic E-state index is 16.8. The number of hydrogen-bond acceptors (Lipinski definition) is 6. The molecule has 28 heavy (non-hydrogen) atoms. The molecule has 4 aliphatic carbocycles. The molecule has 6 nitrogen and oxygen atoms in total. The first kappa shape index (κ1) is 19.9. The minimum Gasteiger partial charge on any atom is -0.390 e. The lowest BCUT2D eigenvalue weighted by atomic mass is 9.44. The van der Waals surface area contributed by atoms with E-state index in [0.29, 0.717) is 18.4 Å². The molecule has 0 heterocycles. The van der Waals surface area contributed by atoms with Gasteiger partial charge < -0.3 is 20.4 Å². The maximum Gasteiger partial charge on any atom is 0.192 e. The maximum absolute atomic E-state index is 16.8. The SMILES string of the molecule is C[C@]12C=CC(=O)C=C1CC[C@H]1[C@@H]3C[C@H](O)[C@](O)(C(=O)CO)[C@@]3(C)C[C@H](O)[C@@]12F. The van der Waals surface area contributed by atoms with E-state index in [0.717, 1.165) is 0 Å². The Morgan fingerprint density at radius 3 is 2.57 bits per heavy atom. The van der Waals surface area contributed by atoms with Gasteiger partial charge in [0.2, 0.25) is 0 Å². The molecule has 8 atom stereocenters. The van der Waals surface area contributed by atoms with Crippen LogP contribution in [0, 0.1) is 22.7 Å². The van der Waals surface area contributed by atoms with Crippen molar-refractivity contribution >= 4 is 11.6 Å². The van der Waals surface area contributed by atoms with Crippen LogP contribution in [0.1, 0.15) is 39.5 Å². The summed E-state index contributed by atoms with van der Waals surface area (Å²) >= 11 is 0. The Balaban J connectivity index is 1.84. The van der Waals surface area contributed by atoms with Crippen molar-refractivity contribution in [2.75, 3.05) is 6.61 Å². The molecule has 3 saturated carbocycles. The highest BCUT2D eigenvalue weighted by Crippen LogP contribution is 2.69. The third-order valence-electron chi connectivity index (χ3n) is 8.43. The second-order valence-electron chi connectivity index (χ2n) is 9.36. The van der Waals surface area contributed by atoms with Gasteiger partial charge in [0, 0.05) is 16.7 Å². The molecule has 0 aromatic carbocycles. The summed E-state index contributed by atoms with van der Waals surface area (Å²) in [5, 5.41) is 42.1. The van der Waals surface area contributed by atoms with Crippen molar-refractivity contribution in [3.63, 3.8) is 0 Å². The van der Waals surface area contributed by atoms with Gasteiger partial charge in [0.15, 0.2) is 22.8 Å². The summed E-state index contributed by atoms with van der Waals surface area (Å²) < 4.78 is 16.8. The molecule has 0 aromatic rings. The van der Waals surface area contributed by atoms with E-state index in [2.05, 4.69) is 0 Å². The number of aliphatic hydroxyl groups excluding tert-OH is 3. The lowest BCUT2D eigenvalue weighted by Crippen LogP contribution is -2.69. The number of carbonyl (C=O) groups is 2. The van der Waals surface area contributed by atoms with Gasteiger partial charge >= 0.3 is 0 Å². The first-order chi connectivity index (χ1) is 13.0. The van der Waals surface area contributed by atoms with E-state index < -0.39 is 58.5 Å². The van der Waals surface area contributed by atoms with Crippen LogP contribution in [0.3, 0.4) is 0 Å². The van der Waals surface area contributed by atoms with Crippen LogP contribution in [0.25, 0.3) is 0 Å². The molecular formula is C21H27FO6. The molecule has 0 saturated heterocycles. The third-order valence-corrected chi connectivity index (χ3v) is 8.43. The number of aliphatic hydroxyl groups is 4. The van der Waals surface area contributed by atoms with Crippen LogP contribution in [0.2, 0.25) is 0 Å². The van der Waals surface area contributed by atoms with E-state index in [4.69, 9.17) is 0 Å². The number of alkyl halides is 1. The number of allylic oxidation sites excluding steroid dienone is 4. The summed E-state index contributed by atoms with van der Waals surface area (Å²) in [6.07, 6.45) is 1.93. The summed E-state index contributed by atoms with van der Waals surface area (Å²) in [5.74, 6) is -2.38. The highest BCUT2D eigenvalue weighted by molar-refractivity contribution is 6.01. The number of Topliss-reactive ketones (excluding diaryl/α,β-unsaturated/α-hetero) is 1. The third kappa shape index (κ3) is 2.01. The summed E-state index contributed by atoms with van der Waals surface area (Å²) in [6.45, 7) is 2.33. The van der Waals surface area contributed by atoms with Crippen LogP contribution in [0.4, 0.5) is 4.39 Å². The zero-order valence-electron chi connectivity index (χ0n) is 16.1. The van der Waals surface area contributed by atoms with Gasteiger partial charge in [0.05, 0.1) is 12.2 Å². The Bertz CT molecular complexity index is 807. The fourth-order valence-corrected chi connectivity index (χ4v) is 6.85. The summed E-state index contributed by atoms with van der Waals surface area (Å²) in [7, 11) is 0. The molecule has 0 amide bonds. The fourth-order valence-electron chi connectivity index (χ4n) is 6.85. The minimum absolute atomic E-state index is 0.0135. The summed E-state index contributed by atoms with van der Waals surface area (Å²) in [4.78, 5) is 24.2. The van der Waals surface area contributed by atoms with Gasteiger partial charge in [-0.05, 0) is 50.7 Å². The number of rotatable bonds is 2. The zero-order valence-corrected chi connectivity index (χ0v) is 16.1. The van der Waals surface area contributed by atoms with Crippen molar-refractivity contribution in [1.29, 1.82) is 0 Å². The Morgan fingerprint density at radius 1 is 1.25 bits per heavy atom. The molecule has 4 aliphatic rings. The van der Waals surface area contributed by atoms with Gasteiger partial charge in [-0.25, -0.2) is 4.39 Å². The van der Waals surface area contributed by atoms with Gasteiger partial charge in [-0.1, -0.05) is 18.6 Å². The molecule has 3 fully saturated rings. The van der Waals surface area contributed by atoms with E-state index in [-0.39, 0.29) is 18.6 Å². The first-order valence-corrected chi connectivity index (χ1v) is 9.82. The Morgan fingerprint density at radius 2 is 1.93 bits per heavy atom. The number of hydrogen-bond donors (Lipinski definition) is 4. The van der Waals surface area contributed by atoms with Gasteiger partial charge in [0.25, 0.3) is 0 Å². The largest absolute Gasteiger partial charge is 0.390 e. The first-order valence-electron chi connectivity index (χ1n) is 9.82. The molecule has 4 N–H and O–H groups in total. The Labute approximate surface area is 162 Å². The van der Waals surface area contributed by atoms with Gasteiger partial charge in [0.1, 0.15) is 6.61 Å². The molecule has 7 heteroatoms. The average molecular weight is 394 g/mol. The lowest BCUT2D eigenvalue weighted by molar-refractivity contribution is -0.222. The van der Waals surface area contributed by atoms with Crippen LogP contribution in [-0.4, -0.2) is 62.1 Å².